The average molecular weight is 351 g/mol. The summed E-state index contributed by atoms with van der Waals surface area (Å²) in [4.78, 5) is 15.5. The molecule has 1 aromatic carbocycles. The van der Waals surface area contributed by atoms with Gasteiger partial charge in [0.25, 0.3) is 0 Å². The second kappa shape index (κ2) is 8.35. The Bertz CT molecular complexity index is 527. The van der Waals surface area contributed by atoms with Crippen LogP contribution < -0.4 is 5.32 Å². The normalized spacial score (nSPS) is 20.5. The summed E-state index contributed by atoms with van der Waals surface area (Å²) in [6.45, 7) is 8.14. The smallest absolute Gasteiger partial charge is 0.233 e. The molecule has 24 heavy (non-hydrogen) atoms. The van der Waals surface area contributed by atoms with Crippen molar-refractivity contribution in [1.82, 2.24) is 10.2 Å². The van der Waals surface area contributed by atoms with Crippen molar-refractivity contribution in [3.8, 4) is 0 Å². The van der Waals surface area contributed by atoms with Crippen LogP contribution in [0.3, 0.4) is 0 Å². The highest BCUT2D eigenvalue weighted by atomic mass is 35.5. The molecule has 2 aliphatic rings. The van der Waals surface area contributed by atoms with Gasteiger partial charge in [-0.25, -0.2) is 0 Å². The van der Waals surface area contributed by atoms with Crippen molar-refractivity contribution in [3.05, 3.63) is 35.4 Å². The Morgan fingerprint density at radius 1 is 1.04 bits per heavy atom. The number of hydrogen-bond donors (Lipinski definition) is 1. The van der Waals surface area contributed by atoms with Crippen LogP contribution in [0.15, 0.2) is 24.3 Å². The molecule has 0 atom stereocenters. The highest BCUT2D eigenvalue weighted by Crippen LogP contribution is 2.43. The first kappa shape index (κ1) is 19.3. The van der Waals surface area contributed by atoms with Crippen molar-refractivity contribution in [2.24, 2.45) is 0 Å². The van der Waals surface area contributed by atoms with E-state index >= 15 is 0 Å². The lowest BCUT2D eigenvalue weighted by atomic mass is 9.77. The van der Waals surface area contributed by atoms with Crippen LogP contribution in [0.1, 0.15) is 63.0 Å². The highest BCUT2D eigenvalue weighted by molar-refractivity contribution is 5.88. The summed E-state index contributed by atoms with van der Waals surface area (Å²) >= 11 is 0. The van der Waals surface area contributed by atoms with Crippen LogP contribution in [0.25, 0.3) is 0 Å². The standard InChI is InChI=1S/C20H30N2O.ClH/c1-16(2)17-6-8-18(9-7-17)20(10-3-4-11-20)19(23)22-14-5-12-21-13-15-22;/h6-9,16,21H,3-5,10-15H2,1-2H3;1H. The van der Waals surface area contributed by atoms with Crippen molar-refractivity contribution in [2.75, 3.05) is 26.2 Å². The molecule has 1 saturated heterocycles. The van der Waals surface area contributed by atoms with E-state index in [2.05, 4.69) is 48.3 Å². The maximum absolute atomic E-state index is 13.4. The number of halogens is 1. The van der Waals surface area contributed by atoms with Gasteiger partial charge in [0.1, 0.15) is 0 Å². The van der Waals surface area contributed by atoms with Gasteiger partial charge in [0.15, 0.2) is 0 Å². The second-order valence-electron chi connectivity index (χ2n) is 7.46. The molecule has 4 heteroatoms. The van der Waals surface area contributed by atoms with E-state index in [1.165, 1.54) is 24.0 Å². The number of carbonyl (C=O) groups is 1. The lowest BCUT2D eigenvalue weighted by Crippen LogP contribution is -2.46. The molecule has 3 nitrogen and oxygen atoms in total. The van der Waals surface area contributed by atoms with Crippen LogP contribution in [0, 0.1) is 0 Å². The number of carbonyl (C=O) groups excluding carboxylic acids is 1. The maximum atomic E-state index is 13.4. The quantitative estimate of drug-likeness (QED) is 0.897. The molecule has 0 spiro atoms. The van der Waals surface area contributed by atoms with E-state index in [1.54, 1.807) is 0 Å². The van der Waals surface area contributed by atoms with Crippen molar-refractivity contribution < 1.29 is 4.79 Å². The summed E-state index contributed by atoms with van der Waals surface area (Å²) in [5, 5.41) is 3.40. The fourth-order valence-corrected chi connectivity index (χ4v) is 4.14. The predicted octanol–water partition coefficient (Wildman–Crippen LogP) is 3.87. The first-order valence-electron chi connectivity index (χ1n) is 9.24. The molecular formula is C20H31ClN2O. The van der Waals surface area contributed by atoms with Crippen LogP contribution in [-0.2, 0) is 10.2 Å². The Balaban J connectivity index is 0.00000208. The highest BCUT2D eigenvalue weighted by Gasteiger charge is 2.44. The zero-order valence-electron chi connectivity index (χ0n) is 15.0. The minimum Gasteiger partial charge on any atom is -0.341 e. The van der Waals surface area contributed by atoms with Gasteiger partial charge < -0.3 is 10.2 Å². The predicted molar refractivity (Wildman–Crippen MR) is 102 cm³/mol. The molecule has 1 amide bonds. The first-order valence-corrected chi connectivity index (χ1v) is 9.24. The van der Waals surface area contributed by atoms with Gasteiger partial charge in [-0.15, -0.1) is 12.4 Å². The summed E-state index contributed by atoms with van der Waals surface area (Å²) < 4.78 is 0. The number of amides is 1. The van der Waals surface area contributed by atoms with Gasteiger partial charge in [0.05, 0.1) is 5.41 Å². The van der Waals surface area contributed by atoms with Crippen molar-refractivity contribution in [1.29, 1.82) is 0 Å². The summed E-state index contributed by atoms with van der Waals surface area (Å²) in [6, 6.07) is 8.87. The molecule has 3 rings (SSSR count). The average Bonchev–Trinajstić information content (AvgIpc) is 2.91. The molecule has 1 saturated carbocycles. The van der Waals surface area contributed by atoms with Gasteiger partial charge in [-0.3, -0.25) is 4.79 Å². The van der Waals surface area contributed by atoms with E-state index in [-0.39, 0.29) is 17.8 Å². The molecule has 1 aliphatic carbocycles. The second-order valence-corrected chi connectivity index (χ2v) is 7.46. The van der Waals surface area contributed by atoms with Crippen LogP contribution in [0.5, 0.6) is 0 Å². The molecule has 0 aromatic heterocycles. The molecule has 0 radical (unpaired) electrons. The third-order valence-corrected chi connectivity index (χ3v) is 5.62. The molecule has 2 fully saturated rings. The van der Waals surface area contributed by atoms with Crippen LogP contribution in [0.2, 0.25) is 0 Å². The van der Waals surface area contributed by atoms with Gasteiger partial charge in [-0.1, -0.05) is 51.0 Å². The largest absolute Gasteiger partial charge is 0.341 e. The molecule has 1 aromatic rings. The summed E-state index contributed by atoms with van der Waals surface area (Å²) in [7, 11) is 0. The molecule has 1 heterocycles. The summed E-state index contributed by atoms with van der Waals surface area (Å²) in [6.07, 6.45) is 5.43. The number of rotatable bonds is 3. The van der Waals surface area contributed by atoms with E-state index in [1.807, 2.05) is 0 Å². The number of nitrogens with zero attached hydrogens (tertiary/aromatic N) is 1. The maximum Gasteiger partial charge on any atom is 0.233 e. The topological polar surface area (TPSA) is 32.3 Å². The molecule has 1 aliphatic heterocycles. The zero-order valence-corrected chi connectivity index (χ0v) is 15.8. The van der Waals surface area contributed by atoms with E-state index in [0.29, 0.717) is 11.8 Å². The van der Waals surface area contributed by atoms with Crippen LogP contribution >= 0.6 is 12.4 Å². The number of benzene rings is 1. The van der Waals surface area contributed by atoms with Gasteiger partial charge in [0.2, 0.25) is 5.91 Å². The van der Waals surface area contributed by atoms with Crippen molar-refractivity contribution in [2.45, 2.75) is 57.3 Å². The fraction of sp³-hybridized carbons (Fsp3) is 0.650. The molecule has 1 N–H and O–H groups in total. The zero-order chi connectivity index (χ0) is 16.3. The summed E-state index contributed by atoms with van der Waals surface area (Å²) in [5.74, 6) is 0.909. The molecule has 0 bridgehead atoms. The van der Waals surface area contributed by atoms with Gasteiger partial charge in [0, 0.05) is 19.6 Å². The monoisotopic (exact) mass is 350 g/mol. The Hall–Kier alpha value is -1.06. The molecular weight excluding hydrogens is 320 g/mol. The van der Waals surface area contributed by atoms with Gasteiger partial charge in [-0.05, 0) is 42.9 Å². The van der Waals surface area contributed by atoms with E-state index < -0.39 is 0 Å². The Labute approximate surface area is 152 Å². The van der Waals surface area contributed by atoms with Gasteiger partial charge >= 0.3 is 0 Å². The van der Waals surface area contributed by atoms with Crippen molar-refractivity contribution >= 4 is 18.3 Å². The third-order valence-electron chi connectivity index (χ3n) is 5.62. The Morgan fingerprint density at radius 2 is 1.71 bits per heavy atom. The third kappa shape index (κ3) is 3.78. The van der Waals surface area contributed by atoms with E-state index in [9.17, 15) is 4.79 Å². The minimum atomic E-state index is -0.264. The first-order chi connectivity index (χ1) is 11.1. The van der Waals surface area contributed by atoms with Crippen molar-refractivity contribution in [3.63, 3.8) is 0 Å². The fourth-order valence-electron chi connectivity index (χ4n) is 4.14. The van der Waals surface area contributed by atoms with Crippen LogP contribution in [0.4, 0.5) is 0 Å². The van der Waals surface area contributed by atoms with Gasteiger partial charge in [-0.2, -0.15) is 0 Å². The number of hydrogen-bond acceptors (Lipinski definition) is 2. The lowest BCUT2D eigenvalue weighted by Gasteiger charge is -2.34. The van der Waals surface area contributed by atoms with E-state index in [4.69, 9.17) is 0 Å². The van der Waals surface area contributed by atoms with E-state index in [0.717, 1.165) is 45.4 Å². The summed E-state index contributed by atoms with van der Waals surface area (Å²) in [5.41, 5.74) is 2.33. The molecule has 134 valence electrons. The Kier molecular flexibility index (Phi) is 6.70. The Morgan fingerprint density at radius 3 is 2.33 bits per heavy atom. The molecule has 0 unspecified atom stereocenters. The minimum absolute atomic E-state index is 0. The SMILES string of the molecule is CC(C)c1ccc(C2(C(=O)N3CCCNCC3)CCCC2)cc1.Cl. The number of nitrogens with one attached hydrogen (secondary N) is 1. The van der Waals surface area contributed by atoms with Crippen LogP contribution in [-0.4, -0.2) is 37.0 Å². The lowest BCUT2D eigenvalue weighted by molar-refractivity contribution is -0.137.